The van der Waals surface area contributed by atoms with Crippen molar-refractivity contribution in [2.24, 2.45) is 0 Å². The van der Waals surface area contributed by atoms with Crippen LogP contribution in [0.2, 0.25) is 0 Å². The average Bonchev–Trinajstić information content (AvgIpc) is 2.18. The number of fused-ring (bicyclic) bond motifs is 1. The molecule has 0 N–H and O–H groups in total. The summed E-state index contributed by atoms with van der Waals surface area (Å²) in [7, 11) is 0. The Morgan fingerprint density at radius 1 is 0.429 bits per heavy atom. The zero-order valence-electron chi connectivity index (χ0n) is 10.0. The number of rotatable bonds is 0. The van der Waals surface area contributed by atoms with Crippen LogP contribution in [0.5, 0.6) is 0 Å². The van der Waals surface area contributed by atoms with Crippen molar-refractivity contribution >= 4 is 11.1 Å². The summed E-state index contributed by atoms with van der Waals surface area (Å²) in [6.07, 6.45) is 0. The van der Waals surface area contributed by atoms with E-state index in [1.807, 2.05) is 0 Å². The van der Waals surface area contributed by atoms with Gasteiger partial charge in [0.1, 0.15) is 0 Å². The van der Waals surface area contributed by atoms with Crippen LogP contribution in [-0.4, -0.2) is 0 Å². The third kappa shape index (κ3) is 0.890. The van der Waals surface area contributed by atoms with Crippen LogP contribution in [0, 0.1) is 27.7 Å². The van der Waals surface area contributed by atoms with Gasteiger partial charge in [0.2, 0.25) is 0 Å². The summed E-state index contributed by atoms with van der Waals surface area (Å²) in [5.74, 6) is 0. The zero-order valence-corrected chi connectivity index (χ0v) is 10.0. The van der Waals surface area contributed by atoms with Gasteiger partial charge in [-0.25, -0.2) is 0 Å². The molecule has 74 valence electrons. The molecule has 0 fully saturated rings. The predicted molar refractivity (Wildman–Crippen MR) is 63.6 cm³/mol. The van der Waals surface area contributed by atoms with Crippen molar-refractivity contribution < 1.29 is 0 Å². The lowest BCUT2D eigenvalue weighted by atomic mass is 9.74. The first-order chi connectivity index (χ1) is 6.46. The quantitative estimate of drug-likeness (QED) is 0.570. The summed E-state index contributed by atoms with van der Waals surface area (Å²) in [6.45, 7) is 13.4. The Bertz CT molecular complexity index is 417. The molecule has 1 aromatic rings. The van der Waals surface area contributed by atoms with Gasteiger partial charge in [-0.2, -0.15) is 0 Å². The van der Waals surface area contributed by atoms with E-state index in [2.05, 4.69) is 41.5 Å². The first kappa shape index (κ1) is 9.51. The van der Waals surface area contributed by atoms with Gasteiger partial charge in [0.05, 0.1) is 0 Å². The van der Waals surface area contributed by atoms with Crippen molar-refractivity contribution in [1.82, 2.24) is 0 Å². The van der Waals surface area contributed by atoms with Gasteiger partial charge >= 0.3 is 0 Å². The predicted octanol–water partition coefficient (Wildman–Crippen LogP) is 4.18. The molecule has 0 aromatic heterocycles. The highest BCUT2D eigenvalue weighted by Crippen LogP contribution is 2.45. The van der Waals surface area contributed by atoms with E-state index in [-0.39, 0.29) is 0 Å². The molecule has 0 radical (unpaired) electrons. The van der Waals surface area contributed by atoms with Crippen molar-refractivity contribution in [2.45, 2.75) is 41.5 Å². The van der Waals surface area contributed by atoms with E-state index in [0.717, 1.165) is 0 Å². The molecule has 0 amide bonds. The summed E-state index contributed by atoms with van der Waals surface area (Å²) in [4.78, 5) is 0. The molecule has 1 aliphatic rings. The highest BCUT2D eigenvalue weighted by molar-refractivity contribution is 6.04. The van der Waals surface area contributed by atoms with Gasteiger partial charge in [-0.3, -0.25) is 0 Å². The molecule has 0 saturated carbocycles. The Morgan fingerprint density at radius 2 is 0.714 bits per heavy atom. The van der Waals surface area contributed by atoms with E-state index in [4.69, 9.17) is 0 Å². The van der Waals surface area contributed by atoms with Crippen molar-refractivity contribution in [3.8, 4) is 0 Å². The van der Waals surface area contributed by atoms with E-state index >= 15 is 0 Å². The van der Waals surface area contributed by atoms with Crippen molar-refractivity contribution in [2.75, 3.05) is 0 Å². The summed E-state index contributed by atoms with van der Waals surface area (Å²) in [5, 5.41) is 0. The SMILES string of the molecule is CC1=C(C)c2c(C)c(C)c(C)c(C)c21. The van der Waals surface area contributed by atoms with Gasteiger partial charge in [0, 0.05) is 0 Å². The molecule has 0 bridgehead atoms. The molecule has 0 saturated heterocycles. The highest BCUT2D eigenvalue weighted by Gasteiger charge is 2.25. The molecule has 1 aliphatic carbocycles. The van der Waals surface area contributed by atoms with Crippen LogP contribution in [-0.2, 0) is 0 Å². The topological polar surface area (TPSA) is 0 Å². The largest absolute Gasteiger partial charge is 0.0444 e. The number of hydrogen-bond donors (Lipinski definition) is 0. The molecule has 0 heteroatoms. The van der Waals surface area contributed by atoms with Crippen LogP contribution in [0.4, 0.5) is 0 Å². The minimum Gasteiger partial charge on any atom is -0.0444 e. The third-order valence-corrected chi connectivity index (χ3v) is 4.00. The molecule has 0 spiro atoms. The molecule has 1 aromatic carbocycles. The second-order valence-electron chi connectivity index (χ2n) is 4.50. The van der Waals surface area contributed by atoms with E-state index in [9.17, 15) is 0 Å². The monoisotopic (exact) mass is 186 g/mol. The minimum absolute atomic E-state index is 1.47. The zero-order chi connectivity index (χ0) is 10.6. The van der Waals surface area contributed by atoms with E-state index < -0.39 is 0 Å². The standard InChI is InChI=1S/C14H18/c1-7-8(2)10(4)14-12(6)11(5)13(14)9(7)3/h1-6H3. The molecule has 0 nitrogen and oxygen atoms in total. The maximum absolute atomic E-state index is 2.25. The lowest BCUT2D eigenvalue weighted by molar-refractivity contribution is 1.16. The maximum Gasteiger partial charge on any atom is -0.0114 e. The van der Waals surface area contributed by atoms with Gasteiger partial charge in [-0.05, 0) is 86.1 Å². The van der Waals surface area contributed by atoms with E-state index in [1.54, 1.807) is 0 Å². The second kappa shape index (κ2) is 2.73. The van der Waals surface area contributed by atoms with Crippen molar-refractivity contribution in [1.29, 1.82) is 0 Å². The Labute approximate surface area is 86.7 Å². The van der Waals surface area contributed by atoms with Gasteiger partial charge in [0.15, 0.2) is 0 Å². The molecule has 0 atom stereocenters. The first-order valence-corrected chi connectivity index (χ1v) is 5.25. The van der Waals surface area contributed by atoms with E-state index in [0.29, 0.717) is 0 Å². The summed E-state index contributed by atoms with van der Waals surface area (Å²) in [6, 6.07) is 0. The Balaban J connectivity index is 2.83. The normalized spacial score (nSPS) is 14.1. The van der Waals surface area contributed by atoms with Gasteiger partial charge in [-0.15, -0.1) is 0 Å². The fourth-order valence-corrected chi connectivity index (χ4v) is 2.56. The van der Waals surface area contributed by atoms with Gasteiger partial charge in [-0.1, -0.05) is 0 Å². The highest BCUT2D eigenvalue weighted by atomic mass is 14.3. The number of hydrogen-bond acceptors (Lipinski definition) is 0. The average molecular weight is 186 g/mol. The molecular weight excluding hydrogens is 168 g/mol. The third-order valence-electron chi connectivity index (χ3n) is 4.00. The lowest BCUT2D eigenvalue weighted by Gasteiger charge is -2.30. The molecule has 0 heterocycles. The fourth-order valence-electron chi connectivity index (χ4n) is 2.56. The Morgan fingerprint density at radius 3 is 1.00 bits per heavy atom. The summed E-state index contributed by atoms with van der Waals surface area (Å²) < 4.78 is 0. The molecule has 0 aliphatic heterocycles. The van der Waals surface area contributed by atoms with Crippen LogP contribution >= 0.6 is 0 Å². The minimum atomic E-state index is 1.47. The van der Waals surface area contributed by atoms with E-state index in [1.165, 1.54) is 44.5 Å². The van der Waals surface area contributed by atoms with Crippen molar-refractivity contribution in [3.05, 3.63) is 33.4 Å². The fraction of sp³-hybridized carbons (Fsp3) is 0.429. The first-order valence-electron chi connectivity index (χ1n) is 5.25. The lowest BCUT2D eigenvalue weighted by Crippen LogP contribution is -2.11. The van der Waals surface area contributed by atoms with Crippen LogP contribution in [0.1, 0.15) is 47.2 Å². The Kier molecular flexibility index (Phi) is 1.85. The Hall–Kier alpha value is -1.04. The smallest absolute Gasteiger partial charge is 0.0114 e. The summed E-state index contributed by atoms with van der Waals surface area (Å²) in [5.41, 5.74) is 11.9. The van der Waals surface area contributed by atoms with Crippen molar-refractivity contribution in [3.63, 3.8) is 0 Å². The van der Waals surface area contributed by atoms with Crippen LogP contribution in [0.15, 0.2) is 0 Å². The number of allylic oxidation sites excluding steroid dienone is 2. The van der Waals surface area contributed by atoms with Gasteiger partial charge in [0.25, 0.3) is 0 Å². The van der Waals surface area contributed by atoms with Crippen LogP contribution in [0.25, 0.3) is 11.1 Å². The molecular formula is C14H18. The number of benzene rings is 1. The molecule has 0 unspecified atom stereocenters. The van der Waals surface area contributed by atoms with Crippen LogP contribution in [0.3, 0.4) is 0 Å². The second-order valence-corrected chi connectivity index (χ2v) is 4.50. The maximum atomic E-state index is 2.25. The van der Waals surface area contributed by atoms with Gasteiger partial charge < -0.3 is 0 Å². The van der Waals surface area contributed by atoms with Crippen LogP contribution < -0.4 is 0 Å². The molecule has 2 rings (SSSR count). The summed E-state index contributed by atoms with van der Waals surface area (Å²) >= 11 is 0. The molecule has 14 heavy (non-hydrogen) atoms.